The number of amides is 2. The minimum atomic E-state index is -0.132. The molecule has 0 aliphatic carbocycles. The number of hydrogen-bond donors (Lipinski definition) is 1. The van der Waals surface area contributed by atoms with Gasteiger partial charge in [-0.05, 0) is 50.8 Å². The number of thioether (sulfide) groups is 1. The van der Waals surface area contributed by atoms with Gasteiger partial charge in [-0.25, -0.2) is 9.50 Å². The van der Waals surface area contributed by atoms with Gasteiger partial charge in [0.25, 0.3) is 5.78 Å². The molecule has 3 aromatic rings. The first-order chi connectivity index (χ1) is 14.0. The van der Waals surface area contributed by atoms with Gasteiger partial charge in [0.15, 0.2) is 0 Å². The number of benzene rings is 1. The first-order valence-corrected chi connectivity index (χ1v) is 10.7. The zero-order valence-corrected chi connectivity index (χ0v) is 17.4. The van der Waals surface area contributed by atoms with Crippen LogP contribution in [0.5, 0.6) is 0 Å². The van der Waals surface area contributed by atoms with Crippen LogP contribution < -0.4 is 10.2 Å². The van der Waals surface area contributed by atoms with Gasteiger partial charge in [0.1, 0.15) is 0 Å². The Labute approximate surface area is 172 Å². The molecule has 1 N–H and O–H groups in total. The maximum Gasteiger partial charge on any atom is 0.253 e. The standard InChI is InChI=1S/C20H22N6O2S/c1-12-16(13(2)26-19(21-12)23-20(24-26)29-3)11-17(27)22-14-6-8-15(9-7-14)25-10-4-5-18(25)28/h6-9H,4-5,10-11H2,1-3H3,(H,22,27). The number of hydrogen-bond acceptors (Lipinski definition) is 6. The van der Waals surface area contributed by atoms with E-state index < -0.39 is 0 Å². The van der Waals surface area contributed by atoms with E-state index in [2.05, 4.69) is 20.4 Å². The molecule has 8 nitrogen and oxygen atoms in total. The predicted octanol–water partition coefficient (Wildman–Crippen LogP) is 2.77. The zero-order valence-electron chi connectivity index (χ0n) is 16.6. The van der Waals surface area contributed by atoms with Crippen LogP contribution in [0.1, 0.15) is 29.8 Å². The van der Waals surface area contributed by atoms with Crippen LogP contribution >= 0.6 is 11.8 Å². The van der Waals surface area contributed by atoms with E-state index in [1.54, 1.807) is 9.42 Å². The molecule has 150 valence electrons. The predicted molar refractivity (Wildman–Crippen MR) is 112 cm³/mol. The van der Waals surface area contributed by atoms with Gasteiger partial charge in [0.2, 0.25) is 17.0 Å². The van der Waals surface area contributed by atoms with E-state index in [-0.39, 0.29) is 18.2 Å². The monoisotopic (exact) mass is 410 g/mol. The van der Waals surface area contributed by atoms with Gasteiger partial charge in [0.05, 0.1) is 6.42 Å². The van der Waals surface area contributed by atoms with Gasteiger partial charge in [0, 0.05) is 41.3 Å². The molecule has 1 aliphatic heterocycles. The molecule has 0 bridgehead atoms. The molecule has 2 amide bonds. The number of nitrogens with one attached hydrogen (secondary N) is 1. The van der Waals surface area contributed by atoms with Crippen molar-refractivity contribution in [3.8, 4) is 0 Å². The third kappa shape index (κ3) is 3.82. The van der Waals surface area contributed by atoms with Crippen molar-refractivity contribution in [1.82, 2.24) is 19.6 Å². The second-order valence-electron chi connectivity index (χ2n) is 6.99. The Balaban J connectivity index is 1.49. The van der Waals surface area contributed by atoms with Gasteiger partial charge >= 0.3 is 0 Å². The fourth-order valence-corrected chi connectivity index (χ4v) is 3.88. The van der Waals surface area contributed by atoms with Gasteiger partial charge in [-0.2, -0.15) is 4.98 Å². The van der Waals surface area contributed by atoms with Crippen molar-refractivity contribution < 1.29 is 9.59 Å². The van der Waals surface area contributed by atoms with Crippen LogP contribution in [0.15, 0.2) is 29.4 Å². The van der Waals surface area contributed by atoms with Gasteiger partial charge in [-0.15, -0.1) is 5.10 Å². The Hall–Kier alpha value is -2.94. The molecule has 4 rings (SSSR count). The summed E-state index contributed by atoms with van der Waals surface area (Å²) < 4.78 is 1.68. The lowest BCUT2D eigenvalue weighted by atomic mass is 10.1. The van der Waals surface area contributed by atoms with Crippen molar-refractivity contribution in [2.24, 2.45) is 0 Å². The van der Waals surface area contributed by atoms with E-state index in [0.717, 1.165) is 35.6 Å². The number of aryl methyl sites for hydroxylation is 2. The topological polar surface area (TPSA) is 92.5 Å². The van der Waals surface area contributed by atoms with E-state index in [0.29, 0.717) is 23.0 Å². The molecule has 2 aromatic heterocycles. The van der Waals surface area contributed by atoms with Crippen molar-refractivity contribution in [2.75, 3.05) is 23.0 Å². The van der Waals surface area contributed by atoms with Gasteiger partial charge in [-0.1, -0.05) is 11.8 Å². The lowest BCUT2D eigenvalue weighted by Gasteiger charge is -2.16. The highest BCUT2D eigenvalue weighted by Gasteiger charge is 2.21. The molecular weight excluding hydrogens is 388 g/mol. The fraction of sp³-hybridized carbons (Fsp3) is 0.350. The second-order valence-corrected chi connectivity index (χ2v) is 7.77. The maximum atomic E-state index is 12.6. The Kier molecular flexibility index (Phi) is 5.23. The summed E-state index contributed by atoms with van der Waals surface area (Å²) in [6.07, 6.45) is 3.59. The van der Waals surface area contributed by atoms with Crippen LogP contribution in [0.2, 0.25) is 0 Å². The number of fused-ring (bicyclic) bond motifs is 1. The molecule has 0 unspecified atom stereocenters. The van der Waals surface area contributed by atoms with Crippen molar-refractivity contribution in [3.63, 3.8) is 0 Å². The maximum absolute atomic E-state index is 12.6. The summed E-state index contributed by atoms with van der Waals surface area (Å²) in [5.74, 6) is 0.557. The number of anilines is 2. The van der Waals surface area contributed by atoms with E-state index in [4.69, 9.17) is 0 Å². The quantitative estimate of drug-likeness (QED) is 0.650. The molecule has 0 spiro atoms. The van der Waals surface area contributed by atoms with Crippen molar-refractivity contribution in [1.29, 1.82) is 0 Å². The van der Waals surface area contributed by atoms with Gasteiger partial charge < -0.3 is 10.2 Å². The molecule has 0 saturated carbocycles. The Bertz CT molecular complexity index is 1090. The largest absolute Gasteiger partial charge is 0.326 e. The van der Waals surface area contributed by atoms with E-state index >= 15 is 0 Å². The van der Waals surface area contributed by atoms with Crippen LogP contribution in [-0.2, 0) is 16.0 Å². The number of carbonyl (C=O) groups excluding carboxylic acids is 2. The van der Waals surface area contributed by atoms with Crippen LogP contribution in [0.25, 0.3) is 5.78 Å². The minimum Gasteiger partial charge on any atom is -0.326 e. The van der Waals surface area contributed by atoms with Crippen LogP contribution in [0, 0.1) is 13.8 Å². The lowest BCUT2D eigenvalue weighted by molar-refractivity contribution is -0.117. The summed E-state index contributed by atoms with van der Waals surface area (Å²) in [6.45, 7) is 4.55. The number of aromatic nitrogens is 4. The van der Waals surface area contributed by atoms with Gasteiger partial charge in [-0.3, -0.25) is 9.59 Å². The number of rotatable bonds is 5. The molecule has 29 heavy (non-hydrogen) atoms. The molecule has 1 saturated heterocycles. The number of nitrogens with zero attached hydrogens (tertiary/aromatic N) is 5. The Morgan fingerprint density at radius 1 is 1.21 bits per heavy atom. The average molecular weight is 411 g/mol. The average Bonchev–Trinajstić information content (AvgIpc) is 3.32. The normalized spacial score (nSPS) is 14.0. The molecule has 3 heterocycles. The van der Waals surface area contributed by atoms with E-state index in [9.17, 15) is 9.59 Å². The molecule has 9 heteroatoms. The summed E-state index contributed by atoms with van der Waals surface area (Å²) in [7, 11) is 0. The van der Waals surface area contributed by atoms with Crippen molar-refractivity contribution in [2.45, 2.75) is 38.3 Å². The third-order valence-electron chi connectivity index (χ3n) is 5.09. The first kappa shape index (κ1) is 19.4. The summed E-state index contributed by atoms with van der Waals surface area (Å²) in [5.41, 5.74) is 4.03. The fourth-order valence-electron chi connectivity index (χ4n) is 3.54. The van der Waals surface area contributed by atoms with Crippen LogP contribution in [0.3, 0.4) is 0 Å². The minimum absolute atomic E-state index is 0.132. The molecule has 0 radical (unpaired) electrons. The Morgan fingerprint density at radius 2 is 1.97 bits per heavy atom. The van der Waals surface area contributed by atoms with Crippen molar-refractivity contribution >= 4 is 40.7 Å². The zero-order chi connectivity index (χ0) is 20.5. The highest BCUT2D eigenvalue weighted by atomic mass is 32.2. The summed E-state index contributed by atoms with van der Waals surface area (Å²) in [6, 6.07) is 7.37. The van der Waals surface area contributed by atoms with E-state index in [1.807, 2.05) is 44.4 Å². The van der Waals surface area contributed by atoms with Crippen LogP contribution in [-0.4, -0.2) is 44.2 Å². The summed E-state index contributed by atoms with van der Waals surface area (Å²) >= 11 is 1.45. The molecular formula is C20H22N6O2S. The van der Waals surface area contributed by atoms with Crippen molar-refractivity contribution in [3.05, 3.63) is 41.2 Å². The Morgan fingerprint density at radius 3 is 2.62 bits per heavy atom. The molecule has 0 atom stereocenters. The summed E-state index contributed by atoms with van der Waals surface area (Å²) in [4.78, 5) is 35.1. The molecule has 1 aromatic carbocycles. The number of carbonyl (C=O) groups is 2. The first-order valence-electron chi connectivity index (χ1n) is 9.43. The lowest BCUT2D eigenvalue weighted by Crippen LogP contribution is -2.23. The third-order valence-corrected chi connectivity index (χ3v) is 5.62. The second kappa shape index (κ2) is 7.82. The molecule has 1 fully saturated rings. The SMILES string of the molecule is CSc1nc2nc(C)c(CC(=O)Nc3ccc(N4CCCC4=O)cc3)c(C)n2n1. The highest BCUT2D eigenvalue weighted by molar-refractivity contribution is 7.98. The summed E-state index contributed by atoms with van der Waals surface area (Å²) in [5, 5.41) is 7.99. The van der Waals surface area contributed by atoms with E-state index in [1.165, 1.54) is 11.8 Å². The smallest absolute Gasteiger partial charge is 0.253 e. The molecule has 1 aliphatic rings. The van der Waals surface area contributed by atoms with Crippen LogP contribution in [0.4, 0.5) is 11.4 Å². The highest BCUT2D eigenvalue weighted by Crippen LogP contribution is 2.23.